The molecule has 3 atom stereocenters. The molecule has 1 saturated heterocycles. The van der Waals surface area contributed by atoms with Crippen LogP contribution in [0.1, 0.15) is 29.8 Å². The number of carboxylic acids is 1. The van der Waals surface area contributed by atoms with Gasteiger partial charge in [-0.1, -0.05) is 12.5 Å². The number of aromatic nitrogens is 3. The van der Waals surface area contributed by atoms with Gasteiger partial charge in [0.05, 0.1) is 0 Å². The lowest BCUT2D eigenvalue weighted by Crippen LogP contribution is -2.43. The lowest BCUT2D eigenvalue weighted by molar-refractivity contribution is -0.142. The maximum absolute atomic E-state index is 12.9. The highest BCUT2D eigenvalue weighted by Crippen LogP contribution is 2.42. The second kappa shape index (κ2) is 5.74. The normalized spacial score (nSPS) is 25.7. The van der Waals surface area contributed by atoms with E-state index in [0.29, 0.717) is 18.3 Å². The minimum Gasteiger partial charge on any atom is -0.480 e. The fraction of sp³-hybridized carbons (Fsp3) is 0.412. The van der Waals surface area contributed by atoms with E-state index in [2.05, 4.69) is 10.1 Å². The SMILES string of the molecule is O=C(O)[C@@H]1[C@H]2CCC[C@@H]2CN1C(=O)c1cccc(-n2cccn2)n1. The number of rotatable bonds is 3. The van der Waals surface area contributed by atoms with E-state index < -0.39 is 12.0 Å². The Labute approximate surface area is 138 Å². The van der Waals surface area contributed by atoms with Crippen LogP contribution in [0.2, 0.25) is 0 Å². The highest BCUT2D eigenvalue weighted by Gasteiger charge is 2.49. The van der Waals surface area contributed by atoms with Gasteiger partial charge in [0.25, 0.3) is 5.91 Å². The molecule has 1 N–H and O–H groups in total. The van der Waals surface area contributed by atoms with Crippen LogP contribution in [0.4, 0.5) is 0 Å². The van der Waals surface area contributed by atoms with Crippen LogP contribution in [0.3, 0.4) is 0 Å². The van der Waals surface area contributed by atoms with E-state index >= 15 is 0 Å². The first-order valence-corrected chi connectivity index (χ1v) is 8.16. The van der Waals surface area contributed by atoms with Gasteiger partial charge in [0.1, 0.15) is 11.7 Å². The summed E-state index contributed by atoms with van der Waals surface area (Å²) in [4.78, 5) is 30.5. The van der Waals surface area contributed by atoms with E-state index in [1.54, 1.807) is 41.3 Å². The van der Waals surface area contributed by atoms with Crippen LogP contribution in [-0.4, -0.2) is 49.2 Å². The highest BCUT2D eigenvalue weighted by atomic mass is 16.4. The van der Waals surface area contributed by atoms with Crippen LogP contribution in [0.5, 0.6) is 0 Å². The van der Waals surface area contributed by atoms with Crippen LogP contribution in [0.25, 0.3) is 5.82 Å². The summed E-state index contributed by atoms with van der Waals surface area (Å²) >= 11 is 0. The van der Waals surface area contributed by atoms with E-state index in [1.165, 1.54) is 4.90 Å². The van der Waals surface area contributed by atoms with E-state index in [-0.39, 0.29) is 17.5 Å². The number of carboxylic acid groups (broad SMARTS) is 1. The molecule has 124 valence electrons. The first-order valence-electron chi connectivity index (χ1n) is 8.16. The first-order chi connectivity index (χ1) is 11.6. The number of hydrogen-bond acceptors (Lipinski definition) is 4. The number of nitrogens with zero attached hydrogens (tertiary/aromatic N) is 4. The molecular formula is C17H18N4O3. The van der Waals surface area contributed by atoms with E-state index in [4.69, 9.17) is 0 Å². The number of pyridine rings is 1. The van der Waals surface area contributed by atoms with E-state index in [9.17, 15) is 14.7 Å². The summed E-state index contributed by atoms with van der Waals surface area (Å²) < 4.78 is 1.57. The van der Waals surface area contributed by atoms with Crippen molar-refractivity contribution in [3.8, 4) is 5.82 Å². The molecule has 3 heterocycles. The van der Waals surface area contributed by atoms with Crippen molar-refractivity contribution in [3.63, 3.8) is 0 Å². The van der Waals surface area contributed by atoms with Crippen molar-refractivity contribution in [1.29, 1.82) is 0 Å². The lowest BCUT2D eigenvalue weighted by Gasteiger charge is -2.24. The predicted octanol–water partition coefficient (Wildman–Crippen LogP) is 1.59. The maximum Gasteiger partial charge on any atom is 0.326 e. The summed E-state index contributed by atoms with van der Waals surface area (Å²) in [6, 6.07) is 6.17. The van der Waals surface area contributed by atoms with E-state index in [0.717, 1.165) is 19.3 Å². The molecule has 1 aliphatic carbocycles. The number of carbonyl (C=O) groups excluding carboxylic acids is 1. The van der Waals surface area contributed by atoms with Crippen molar-refractivity contribution in [3.05, 3.63) is 42.4 Å². The zero-order valence-corrected chi connectivity index (χ0v) is 13.1. The van der Waals surface area contributed by atoms with Gasteiger partial charge in [-0.2, -0.15) is 5.10 Å². The number of likely N-dealkylation sites (tertiary alicyclic amines) is 1. The minimum atomic E-state index is -0.916. The van der Waals surface area contributed by atoms with Crippen LogP contribution >= 0.6 is 0 Å². The van der Waals surface area contributed by atoms with Crippen molar-refractivity contribution < 1.29 is 14.7 Å². The van der Waals surface area contributed by atoms with Crippen molar-refractivity contribution in [2.24, 2.45) is 11.8 Å². The smallest absolute Gasteiger partial charge is 0.326 e. The summed E-state index contributed by atoms with van der Waals surface area (Å²) in [7, 11) is 0. The molecular weight excluding hydrogens is 308 g/mol. The Bertz CT molecular complexity index is 774. The number of hydrogen-bond donors (Lipinski definition) is 1. The number of amides is 1. The van der Waals surface area contributed by atoms with Gasteiger partial charge in [0.15, 0.2) is 5.82 Å². The molecule has 0 spiro atoms. The largest absolute Gasteiger partial charge is 0.480 e. The molecule has 1 amide bonds. The Morgan fingerprint density at radius 2 is 2.08 bits per heavy atom. The van der Waals surface area contributed by atoms with Gasteiger partial charge in [0.2, 0.25) is 0 Å². The van der Waals surface area contributed by atoms with Crippen LogP contribution in [0.15, 0.2) is 36.7 Å². The average Bonchev–Trinajstić information content (AvgIpc) is 3.30. The van der Waals surface area contributed by atoms with Gasteiger partial charge >= 0.3 is 5.97 Å². The molecule has 1 saturated carbocycles. The molecule has 7 heteroatoms. The molecule has 2 aromatic heterocycles. The van der Waals surface area contributed by atoms with Crippen molar-refractivity contribution in [2.75, 3.05) is 6.54 Å². The molecule has 0 bridgehead atoms. The van der Waals surface area contributed by atoms with Gasteiger partial charge in [0, 0.05) is 18.9 Å². The highest BCUT2D eigenvalue weighted by molar-refractivity contribution is 5.95. The molecule has 2 aliphatic rings. The van der Waals surface area contributed by atoms with Gasteiger partial charge < -0.3 is 10.0 Å². The van der Waals surface area contributed by atoms with Gasteiger partial charge in [-0.3, -0.25) is 4.79 Å². The van der Waals surface area contributed by atoms with Crippen molar-refractivity contribution in [1.82, 2.24) is 19.7 Å². The summed E-state index contributed by atoms with van der Waals surface area (Å²) in [5, 5.41) is 13.7. The monoisotopic (exact) mass is 326 g/mol. The molecule has 2 fully saturated rings. The van der Waals surface area contributed by atoms with Crippen LogP contribution in [0, 0.1) is 11.8 Å². The fourth-order valence-corrected chi connectivity index (χ4v) is 4.05. The molecule has 7 nitrogen and oxygen atoms in total. The Hall–Kier alpha value is -2.70. The van der Waals surface area contributed by atoms with Crippen LogP contribution in [-0.2, 0) is 4.79 Å². The quantitative estimate of drug-likeness (QED) is 0.925. The van der Waals surface area contributed by atoms with Gasteiger partial charge in [-0.05, 0) is 42.9 Å². The Morgan fingerprint density at radius 1 is 1.21 bits per heavy atom. The summed E-state index contributed by atoms with van der Waals surface area (Å²) in [6.07, 6.45) is 6.31. The molecule has 0 aromatic carbocycles. The molecule has 24 heavy (non-hydrogen) atoms. The van der Waals surface area contributed by atoms with Crippen molar-refractivity contribution >= 4 is 11.9 Å². The third-order valence-corrected chi connectivity index (χ3v) is 5.10. The molecule has 4 rings (SSSR count). The predicted molar refractivity (Wildman–Crippen MR) is 84.7 cm³/mol. The van der Waals surface area contributed by atoms with E-state index in [1.807, 2.05) is 0 Å². The first kappa shape index (κ1) is 14.9. The fourth-order valence-electron chi connectivity index (χ4n) is 4.05. The number of fused-ring (bicyclic) bond motifs is 1. The maximum atomic E-state index is 12.9. The topological polar surface area (TPSA) is 88.3 Å². The van der Waals surface area contributed by atoms with Crippen molar-refractivity contribution in [2.45, 2.75) is 25.3 Å². The Balaban J connectivity index is 1.64. The third-order valence-electron chi connectivity index (χ3n) is 5.10. The standard InChI is InChI=1S/C17H18N4O3/c22-16(13-6-2-7-14(19-13)21-9-3-8-18-21)20-10-11-4-1-5-12(11)15(20)17(23)24/h2-3,6-9,11-12,15H,1,4-5,10H2,(H,23,24)/t11-,12+,15+/m1/s1. The summed E-state index contributed by atoms with van der Waals surface area (Å²) in [5.41, 5.74) is 0.259. The Kier molecular flexibility index (Phi) is 3.55. The second-order valence-electron chi connectivity index (χ2n) is 6.43. The van der Waals surface area contributed by atoms with Crippen LogP contribution < -0.4 is 0 Å². The van der Waals surface area contributed by atoms with Gasteiger partial charge in [-0.15, -0.1) is 0 Å². The summed E-state index contributed by atoms with van der Waals surface area (Å²) in [6.45, 7) is 0.508. The third kappa shape index (κ3) is 2.36. The number of aliphatic carboxylic acids is 1. The Morgan fingerprint density at radius 3 is 2.83 bits per heavy atom. The molecule has 0 radical (unpaired) electrons. The zero-order chi connectivity index (χ0) is 16.7. The lowest BCUT2D eigenvalue weighted by atomic mass is 9.94. The molecule has 1 aliphatic heterocycles. The van der Waals surface area contributed by atoms with Gasteiger partial charge in [-0.25, -0.2) is 14.5 Å². The molecule has 0 unspecified atom stereocenters. The second-order valence-corrected chi connectivity index (χ2v) is 6.43. The molecule has 2 aromatic rings. The average molecular weight is 326 g/mol. The number of carbonyl (C=O) groups is 2. The minimum absolute atomic E-state index is 0.0701. The summed E-state index contributed by atoms with van der Waals surface area (Å²) in [5.74, 6) is -0.325. The zero-order valence-electron chi connectivity index (χ0n) is 13.1.